The molecule has 0 atom stereocenters. The zero-order valence-corrected chi connectivity index (χ0v) is 36.2. The standard InChI is InChI=1S/C43H36N2O10S2.K/c46-56(47,48)20-10-8-18-44-34-26-38-32(30-14-4-6-16-36(30)52-38)24-40(34)54-42(44)22-29(28-12-2-1-3-13-28)23-43-45(19-9-11-21-57(49,50)51)35-27-39-33(25-41(35)55-43)31-15-5-7-17-37(31)53-39;/h1-7,12-17,22-27H,8-11,18-21H2,(H-,46,47,48,49,50,51);/q;+1/p-1. The summed E-state index contributed by atoms with van der Waals surface area (Å²) in [7, 11) is -8.76. The van der Waals surface area contributed by atoms with Crippen molar-refractivity contribution in [2.45, 2.75) is 32.2 Å². The zero-order chi connectivity index (χ0) is 39.3. The normalized spacial score (nSPS) is 14.3. The molecular weight excluding hydrogens is 808 g/mol. The van der Waals surface area contributed by atoms with Crippen molar-refractivity contribution < 1.29 is 99.9 Å². The number of nitrogens with zero attached hydrogens (tertiary/aromatic N) is 2. The SMILES string of the molecule is O=S(=O)([O-])CCCCN1C(=CC(=Cc2oc3cc4c(cc3[n+]2CCCCS(=O)(=O)[O-])oc2ccccc24)c2ccccc2)Oc2cc3c(cc21)oc1ccccc13.[K+]. The molecule has 0 bridgehead atoms. The molecule has 8 aromatic rings. The summed E-state index contributed by atoms with van der Waals surface area (Å²) in [5, 5.41) is 3.65. The van der Waals surface area contributed by atoms with Crippen LogP contribution < -0.4 is 65.6 Å². The van der Waals surface area contributed by atoms with Crippen molar-refractivity contribution >= 4 is 92.5 Å². The maximum atomic E-state index is 11.4. The molecule has 0 amide bonds. The quantitative estimate of drug-likeness (QED) is 0.0626. The third-order valence-corrected chi connectivity index (χ3v) is 11.8. The van der Waals surface area contributed by atoms with Gasteiger partial charge in [-0.3, -0.25) is 0 Å². The van der Waals surface area contributed by atoms with E-state index in [1.54, 1.807) is 0 Å². The van der Waals surface area contributed by atoms with Gasteiger partial charge < -0.3 is 32.0 Å². The Kier molecular flexibility index (Phi) is 11.4. The maximum Gasteiger partial charge on any atom is 1.00 e. The van der Waals surface area contributed by atoms with Crippen LogP contribution in [0.25, 0.3) is 66.6 Å². The van der Waals surface area contributed by atoms with Gasteiger partial charge in [-0.2, -0.15) is 4.57 Å². The van der Waals surface area contributed by atoms with Crippen LogP contribution in [0, 0.1) is 0 Å². The third-order valence-electron chi connectivity index (χ3n) is 10.2. The van der Waals surface area contributed by atoms with E-state index in [1.165, 1.54) is 0 Å². The largest absolute Gasteiger partial charge is 1.00 e. The fraction of sp³-hybridized carbons (Fsp3) is 0.186. The molecule has 58 heavy (non-hydrogen) atoms. The second-order valence-corrected chi connectivity index (χ2v) is 17.1. The Balaban J connectivity index is 0.00000469. The first-order valence-corrected chi connectivity index (χ1v) is 21.7. The zero-order valence-electron chi connectivity index (χ0n) is 31.4. The summed E-state index contributed by atoms with van der Waals surface area (Å²) < 4.78 is 96.2. The number of ether oxygens (including phenoxy) is 1. The van der Waals surface area contributed by atoms with Crippen molar-refractivity contribution in [1.29, 1.82) is 0 Å². The molecule has 1 aliphatic rings. The van der Waals surface area contributed by atoms with Crippen LogP contribution in [0.2, 0.25) is 0 Å². The molecule has 3 aromatic heterocycles. The Hall–Kier alpha value is -4.29. The number of allylic oxidation sites excluding steroid dienone is 2. The molecule has 0 radical (unpaired) electrons. The molecule has 15 heteroatoms. The van der Waals surface area contributed by atoms with Crippen LogP contribution in [0.1, 0.15) is 37.1 Å². The van der Waals surface area contributed by atoms with Gasteiger partial charge in [-0.05, 0) is 54.7 Å². The summed E-state index contributed by atoms with van der Waals surface area (Å²) in [6.45, 7) is 0.699. The van der Waals surface area contributed by atoms with Gasteiger partial charge in [0.15, 0.2) is 12.3 Å². The van der Waals surface area contributed by atoms with Gasteiger partial charge in [0, 0.05) is 58.2 Å². The minimum Gasteiger partial charge on any atom is -0.748 e. The number of benzene rings is 5. The predicted molar refractivity (Wildman–Crippen MR) is 215 cm³/mol. The number of hydrogen-bond acceptors (Lipinski definition) is 11. The van der Waals surface area contributed by atoms with Gasteiger partial charge in [-0.15, -0.1) is 0 Å². The second-order valence-electron chi connectivity index (χ2n) is 14.1. The van der Waals surface area contributed by atoms with Gasteiger partial charge in [0.2, 0.25) is 11.5 Å². The number of unbranched alkanes of at least 4 members (excludes halogenated alkanes) is 2. The van der Waals surface area contributed by atoms with Crippen LogP contribution in [0.3, 0.4) is 0 Å². The molecule has 12 nitrogen and oxygen atoms in total. The number of hydrogen-bond donors (Lipinski definition) is 0. The number of para-hydroxylation sites is 2. The molecule has 0 N–H and O–H groups in total. The Morgan fingerprint density at radius 1 is 0.638 bits per heavy atom. The van der Waals surface area contributed by atoms with Crippen LogP contribution in [0.15, 0.2) is 128 Å². The third kappa shape index (κ3) is 8.41. The van der Waals surface area contributed by atoms with Crippen LogP contribution in [-0.2, 0) is 26.8 Å². The van der Waals surface area contributed by atoms with Crippen LogP contribution in [0.5, 0.6) is 5.75 Å². The van der Waals surface area contributed by atoms with Crippen LogP contribution >= 0.6 is 0 Å². The van der Waals surface area contributed by atoms with Gasteiger partial charge >= 0.3 is 57.3 Å². The number of oxazole rings is 1. The molecule has 0 fully saturated rings. The summed E-state index contributed by atoms with van der Waals surface area (Å²) in [4.78, 5) is 1.95. The van der Waals surface area contributed by atoms with Crippen molar-refractivity contribution in [3.63, 3.8) is 0 Å². The molecule has 9 rings (SSSR count). The number of rotatable bonds is 13. The van der Waals surface area contributed by atoms with E-state index in [0.717, 1.165) is 49.5 Å². The summed E-state index contributed by atoms with van der Waals surface area (Å²) >= 11 is 0. The maximum absolute atomic E-state index is 11.4. The van der Waals surface area contributed by atoms with E-state index in [4.69, 9.17) is 18.0 Å². The Morgan fingerprint density at radius 3 is 1.91 bits per heavy atom. The first kappa shape index (κ1) is 40.5. The van der Waals surface area contributed by atoms with Crippen LogP contribution in [-0.4, -0.2) is 44.0 Å². The first-order valence-electron chi connectivity index (χ1n) is 18.5. The molecule has 0 unspecified atom stereocenters. The van der Waals surface area contributed by atoms with Crippen molar-refractivity contribution in [3.8, 4) is 5.75 Å². The van der Waals surface area contributed by atoms with Gasteiger partial charge in [0.05, 0.1) is 38.1 Å². The van der Waals surface area contributed by atoms with Crippen LogP contribution in [0.4, 0.5) is 5.69 Å². The molecule has 0 spiro atoms. The monoisotopic (exact) mass is 842 g/mol. The molecule has 0 aliphatic carbocycles. The average molecular weight is 843 g/mol. The minimum absolute atomic E-state index is 0. The topological polar surface area (TPSA) is 170 Å². The Morgan fingerprint density at radius 2 is 1.24 bits per heavy atom. The summed E-state index contributed by atoms with van der Waals surface area (Å²) in [6.07, 6.45) is 4.90. The van der Waals surface area contributed by atoms with E-state index < -0.39 is 31.7 Å². The molecule has 0 saturated heterocycles. The molecule has 290 valence electrons. The van der Waals surface area contributed by atoms with E-state index in [1.807, 2.05) is 125 Å². The molecule has 5 aromatic carbocycles. The molecule has 1 aliphatic heterocycles. The smallest absolute Gasteiger partial charge is 0.748 e. The molecule has 0 saturated carbocycles. The van der Waals surface area contributed by atoms with E-state index >= 15 is 0 Å². The van der Waals surface area contributed by atoms with E-state index in [9.17, 15) is 25.9 Å². The summed E-state index contributed by atoms with van der Waals surface area (Å²) in [6, 6.07) is 32.8. The van der Waals surface area contributed by atoms with Crippen molar-refractivity contribution in [2.24, 2.45) is 0 Å². The van der Waals surface area contributed by atoms with Crippen molar-refractivity contribution in [3.05, 3.63) is 127 Å². The van der Waals surface area contributed by atoms with Crippen molar-refractivity contribution in [1.82, 2.24) is 0 Å². The van der Waals surface area contributed by atoms with Gasteiger partial charge in [0.25, 0.3) is 5.52 Å². The van der Waals surface area contributed by atoms with Crippen molar-refractivity contribution in [2.75, 3.05) is 23.0 Å². The number of furan rings is 2. The molecular formula is C43H35KN2O10S2. The van der Waals surface area contributed by atoms with Gasteiger partial charge in [-0.1, -0.05) is 66.7 Å². The van der Waals surface area contributed by atoms with E-state index in [0.29, 0.717) is 65.8 Å². The fourth-order valence-corrected chi connectivity index (χ4v) is 8.63. The van der Waals surface area contributed by atoms with E-state index in [-0.39, 0.29) is 64.2 Å². The summed E-state index contributed by atoms with van der Waals surface area (Å²) in [5.74, 6) is 0.575. The fourth-order valence-electron chi connectivity index (χ4n) is 7.52. The second kappa shape index (κ2) is 16.4. The number of anilines is 1. The Labute approximate surface area is 376 Å². The Bertz CT molecular complexity index is 3130. The minimum atomic E-state index is -4.38. The average Bonchev–Trinajstić information content (AvgIpc) is 3.92. The number of fused-ring (bicyclic) bond motifs is 8. The summed E-state index contributed by atoms with van der Waals surface area (Å²) in [5.41, 5.74) is 6.40. The van der Waals surface area contributed by atoms with Gasteiger partial charge in [0.1, 0.15) is 22.3 Å². The van der Waals surface area contributed by atoms with E-state index in [2.05, 4.69) is 0 Å². The number of aromatic nitrogens is 1. The molecule has 4 heterocycles. The number of aryl methyl sites for hydroxylation is 1. The predicted octanol–water partition coefficient (Wildman–Crippen LogP) is 5.45. The van der Waals surface area contributed by atoms with Gasteiger partial charge in [-0.25, -0.2) is 16.8 Å². The first-order chi connectivity index (χ1) is 27.5.